The number of thioether (sulfide) groups is 1. The molecule has 2 rings (SSSR count). The van der Waals surface area contributed by atoms with E-state index in [1.54, 1.807) is 11.8 Å². The highest BCUT2D eigenvalue weighted by atomic mass is 32.2. The van der Waals surface area contributed by atoms with Gasteiger partial charge in [0, 0.05) is 12.3 Å². The summed E-state index contributed by atoms with van der Waals surface area (Å²) in [5.74, 6) is 0.879. The molecule has 6 heteroatoms. The number of hydrogen-bond donors (Lipinski definition) is 1. The second-order valence-corrected chi connectivity index (χ2v) is 4.85. The van der Waals surface area contributed by atoms with Gasteiger partial charge in [0.1, 0.15) is 0 Å². The topological polar surface area (TPSA) is 69.6 Å². The van der Waals surface area contributed by atoms with Gasteiger partial charge in [-0.25, -0.2) is 4.68 Å². The van der Waals surface area contributed by atoms with Crippen LogP contribution in [-0.4, -0.2) is 32.5 Å². The van der Waals surface area contributed by atoms with E-state index in [0.29, 0.717) is 12.6 Å². The Bertz CT molecular complexity index is 343. The normalized spacial score (nSPS) is 17.6. The molecule has 16 heavy (non-hydrogen) atoms. The van der Waals surface area contributed by atoms with Crippen molar-refractivity contribution in [2.45, 2.75) is 36.9 Å². The van der Waals surface area contributed by atoms with Gasteiger partial charge in [0.15, 0.2) is 0 Å². The van der Waals surface area contributed by atoms with E-state index in [4.69, 9.17) is 5.73 Å². The summed E-state index contributed by atoms with van der Waals surface area (Å²) < 4.78 is 1.98. The van der Waals surface area contributed by atoms with Crippen LogP contribution in [-0.2, 0) is 0 Å². The summed E-state index contributed by atoms with van der Waals surface area (Å²) in [6, 6.07) is 0.510. The second-order valence-electron chi connectivity index (χ2n) is 3.86. The molecule has 0 amide bonds. The third-order valence-corrected chi connectivity index (χ3v) is 3.63. The molecule has 0 bridgehead atoms. The summed E-state index contributed by atoms with van der Waals surface area (Å²) in [4.78, 5) is 0. The van der Waals surface area contributed by atoms with Gasteiger partial charge in [-0.15, -0.1) is 5.10 Å². The van der Waals surface area contributed by atoms with Crippen LogP contribution in [0.5, 0.6) is 0 Å². The second kappa shape index (κ2) is 6.00. The van der Waals surface area contributed by atoms with Gasteiger partial charge in [0.05, 0.1) is 6.04 Å². The van der Waals surface area contributed by atoms with Crippen molar-refractivity contribution in [3.8, 4) is 0 Å². The lowest BCUT2D eigenvalue weighted by molar-refractivity contribution is 0.423. The highest BCUT2D eigenvalue weighted by Crippen LogP contribution is 2.31. The summed E-state index contributed by atoms with van der Waals surface area (Å²) >= 11 is 1.66. The molecule has 2 N–H and O–H groups in total. The molecule has 0 unspecified atom stereocenters. The number of hydrogen-bond acceptors (Lipinski definition) is 5. The molecule has 1 aliphatic carbocycles. The van der Waals surface area contributed by atoms with Crippen LogP contribution in [0.4, 0.5) is 0 Å². The van der Waals surface area contributed by atoms with Gasteiger partial charge in [-0.1, -0.05) is 36.8 Å². The van der Waals surface area contributed by atoms with Crippen molar-refractivity contribution in [2.75, 3.05) is 12.3 Å². The molecule has 1 fully saturated rings. The van der Waals surface area contributed by atoms with E-state index in [1.807, 2.05) is 10.8 Å². The van der Waals surface area contributed by atoms with Gasteiger partial charge in [-0.2, -0.15) is 0 Å². The summed E-state index contributed by atoms with van der Waals surface area (Å²) in [7, 11) is 0. The third kappa shape index (κ3) is 2.82. The van der Waals surface area contributed by atoms with E-state index < -0.39 is 0 Å². The fourth-order valence-electron chi connectivity index (χ4n) is 1.95. The Labute approximate surface area is 99.5 Å². The molecule has 1 aromatic heterocycles. The van der Waals surface area contributed by atoms with Crippen LogP contribution in [0.2, 0.25) is 0 Å². The van der Waals surface area contributed by atoms with Gasteiger partial charge in [0.25, 0.3) is 0 Å². The SMILES string of the molecule is NCC=CCSc1nnnn1C1CCCC1. The molecule has 0 atom stereocenters. The van der Waals surface area contributed by atoms with Crippen molar-refractivity contribution < 1.29 is 0 Å². The Hall–Kier alpha value is -0.880. The molecule has 1 aliphatic rings. The highest BCUT2D eigenvalue weighted by molar-refractivity contribution is 7.99. The lowest BCUT2D eigenvalue weighted by atomic mass is 10.3. The van der Waals surface area contributed by atoms with E-state index in [0.717, 1.165) is 10.9 Å². The molecule has 0 aromatic carbocycles. The largest absolute Gasteiger partial charge is 0.327 e. The van der Waals surface area contributed by atoms with E-state index in [-0.39, 0.29) is 0 Å². The predicted molar refractivity (Wildman–Crippen MR) is 64.2 cm³/mol. The lowest BCUT2D eigenvalue weighted by Gasteiger charge is -2.09. The number of aromatic nitrogens is 4. The van der Waals surface area contributed by atoms with Crippen LogP contribution in [0.1, 0.15) is 31.7 Å². The first kappa shape index (κ1) is 11.6. The first-order valence-corrected chi connectivity index (χ1v) is 6.66. The number of rotatable bonds is 5. The van der Waals surface area contributed by atoms with E-state index >= 15 is 0 Å². The van der Waals surface area contributed by atoms with Crippen LogP contribution in [0, 0.1) is 0 Å². The molecule has 5 nitrogen and oxygen atoms in total. The van der Waals surface area contributed by atoms with Gasteiger partial charge < -0.3 is 5.73 Å². The van der Waals surface area contributed by atoms with Gasteiger partial charge in [-0.3, -0.25) is 0 Å². The van der Waals surface area contributed by atoms with Crippen LogP contribution >= 0.6 is 11.8 Å². The smallest absolute Gasteiger partial charge is 0.209 e. The average molecular weight is 239 g/mol. The van der Waals surface area contributed by atoms with Crippen molar-refractivity contribution in [1.29, 1.82) is 0 Å². The fourth-order valence-corrected chi connectivity index (χ4v) is 2.74. The Morgan fingerprint density at radius 2 is 2.19 bits per heavy atom. The van der Waals surface area contributed by atoms with Crippen molar-refractivity contribution in [3.05, 3.63) is 12.2 Å². The van der Waals surface area contributed by atoms with E-state index in [9.17, 15) is 0 Å². The maximum Gasteiger partial charge on any atom is 0.209 e. The Morgan fingerprint density at radius 1 is 1.38 bits per heavy atom. The number of nitrogens with zero attached hydrogens (tertiary/aromatic N) is 4. The Balaban J connectivity index is 1.93. The van der Waals surface area contributed by atoms with Gasteiger partial charge >= 0.3 is 0 Å². The van der Waals surface area contributed by atoms with Crippen LogP contribution in [0.25, 0.3) is 0 Å². The summed E-state index contributed by atoms with van der Waals surface area (Å²) in [5.41, 5.74) is 5.38. The quantitative estimate of drug-likeness (QED) is 0.621. The third-order valence-electron chi connectivity index (χ3n) is 2.74. The average Bonchev–Trinajstić information content (AvgIpc) is 2.94. The van der Waals surface area contributed by atoms with E-state index in [2.05, 4.69) is 21.6 Å². The maximum absolute atomic E-state index is 5.38. The van der Waals surface area contributed by atoms with Crippen LogP contribution < -0.4 is 5.73 Å². The van der Waals surface area contributed by atoms with Gasteiger partial charge in [0.2, 0.25) is 5.16 Å². The van der Waals surface area contributed by atoms with E-state index in [1.165, 1.54) is 25.7 Å². The molecular formula is C10H17N5S. The molecule has 1 aromatic rings. The first-order chi connectivity index (χ1) is 7.92. The molecule has 0 aliphatic heterocycles. The van der Waals surface area contributed by atoms with Crippen molar-refractivity contribution >= 4 is 11.8 Å². The zero-order valence-electron chi connectivity index (χ0n) is 9.25. The summed E-state index contributed by atoms with van der Waals surface area (Å²) in [6.07, 6.45) is 9.01. The zero-order valence-corrected chi connectivity index (χ0v) is 10.1. The minimum atomic E-state index is 0.510. The van der Waals surface area contributed by atoms with Crippen molar-refractivity contribution in [3.63, 3.8) is 0 Å². The zero-order chi connectivity index (χ0) is 11.2. The number of nitrogens with two attached hydrogens (primary N) is 1. The predicted octanol–water partition coefficient (Wildman–Crippen LogP) is 1.40. The maximum atomic E-state index is 5.38. The lowest BCUT2D eigenvalue weighted by Crippen LogP contribution is -2.08. The van der Waals surface area contributed by atoms with Crippen molar-refractivity contribution in [2.24, 2.45) is 5.73 Å². The summed E-state index contributed by atoms with van der Waals surface area (Å²) in [5, 5.41) is 12.8. The number of tetrazole rings is 1. The highest BCUT2D eigenvalue weighted by Gasteiger charge is 2.21. The standard InChI is InChI=1S/C10H17N5S/c11-7-3-4-8-16-10-12-13-14-15(10)9-5-1-2-6-9/h3-4,9H,1-2,5-8,11H2. The molecule has 0 saturated heterocycles. The van der Waals surface area contributed by atoms with Crippen LogP contribution in [0.3, 0.4) is 0 Å². The van der Waals surface area contributed by atoms with Crippen molar-refractivity contribution in [1.82, 2.24) is 20.2 Å². The molecule has 1 saturated carbocycles. The minimum absolute atomic E-state index is 0.510. The summed E-state index contributed by atoms with van der Waals surface area (Å²) in [6.45, 7) is 0.591. The molecule has 88 valence electrons. The molecule has 1 heterocycles. The minimum Gasteiger partial charge on any atom is -0.327 e. The first-order valence-electron chi connectivity index (χ1n) is 5.67. The fraction of sp³-hybridized carbons (Fsp3) is 0.700. The Kier molecular flexibility index (Phi) is 4.35. The van der Waals surface area contributed by atoms with Gasteiger partial charge in [-0.05, 0) is 23.3 Å². The molecule has 0 radical (unpaired) electrons. The molecule has 0 spiro atoms. The molecular weight excluding hydrogens is 222 g/mol. The van der Waals surface area contributed by atoms with Crippen LogP contribution in [0.15, 0.2) is 17.3 Å². The monoisotopic (exact) mass is 239 g/mol. The Morgan fingerprint density at radius 3 is 2.94 bits per heavy atom.